The molecule has 2 unspecified atom stereocenters. The summed E-state index contributed by atoms with van der Waals surface area (Å²) in [6.07, 6.45) is 11.6. The van der Waals surface area contributed by atoms with Crippen molar-refractivity contribution in [3.8, 4) is 0 Å². The van der Waals surface area contributed by atoms with Gasteiger partial charge in [0.25, 0.3) is 0 Å². The fourth-order valence-corrected chi connectivity index (χ4v) is 8.79. The number of carbonyl (C=O) groups excluding carboxylic acids is 3. The summed E-state index contributed by atoms with van der Waals surface area (Å²) >= 11 is 1.62. The molecule has 8 heteroatoms. The van der Waals surface area contributed by atoms with E-state index in [1.165, 1.54) is 0 Å². The van der Waals surface area contributed by atoms with Gasteiger partial charge >= 0.3 is 0 Å². The Labute approximate surface area is 220 Å². The fourth-order valence-electron chi connectivity index (χ4n) is 6.80. The van der Waals surface area contributed by atoms with Gasteiger partial charge in [0, 0.05) is 30.9 Å². The smallest absolute Gasteiger partial charge is 0.247 e. The number of carbonyl (C=O) groups is 3. The van der Waals surface area contributed by atoms with Crippen LogP contribution >= 0.6 is 11.8 Å². The van der Waals surface area contributed by atoms with Gasteiger partial charge in [-0.3, -0.25) is 14.4 Å². The Morgan fingerprint density at radius 1 is 1.06 bits per heavy atom. The van der Waals surface area contributed by atoms with Gasteiger partial charge in [0.05, 0.1) is 29.2 Å². The maximum absolute atomic E-state index is 14.4. The average molecular weight is 518 g/mol. The molecule has 4 heterocycles. The fraction of sp³-hybridized carbons (Fsp3) is 0.750. The van der Waals surface area contributed by atoms with E-state index in [9.17, 15) is 19.5 Å². The quantitative estimate of drug-likeness (QED) is 0.476. The van der Waals surface area contributed by atoms with E-state index in [0.717, 1.165) is 19.3 Å². The van der Waals surface area contributed by atoms with Gasteiger partial charge in [-0.05, 0) is 32.1 Å². The summed E-state index contributed by atoms with van der Waals surface area (Å²) in [6.45, 7) is 11.9. The van der Waals surface area contributed by atoms with Crippen LogP contribution in [0.2, 0.25) is 0 Å². The normalized spacial score (nSPS) is 33.5. The van der Waals surface area contributed by atoms with Crippen LogP contribution in [0, 0.1) is 17.8 Å². The van der Waals surface area contributed by atoms with Gasteiger partial charge in [-0.15, -0.1) is 11.8 Å². The molecule has 0 aliphatic carbocycles. The van der Waals surface area contributed by atoms with Crippen LogP contribution in [-0.4, -0.2) is 91.9 Å². The van der Waals surface area contributed by atoms with E-state index in [1.807, 2.05) is 22.0 Å². The number of aliphatic hydroxyl groups excluding tert-OH is 1. The third kappa shape index (κ3) is 4.42. The highest BCUT2D eigenvalue weighted by atomic mass is 32.2. The van der Waals surface area contributed by atoms with E-state index in [0.29, 0.717) is 26.1 Å². The van der Waals surface area contributed by atoms with E-state index in [-0.39, 0.29) is 41.5 Å². The molecule has 7 nitrogen and oxygen atoms in total. The van der Waals surface area contributed by atoms with Gasteiger partial charge < -0.3 is 19.8 Å². The lowest BCUT2D eigenvalue weighted by Crippen LogP contribution is -2.58. The molecular formula is C28H43N3O4S. The molecule has 2 saturated heterocycles. The zero-order chi connectivity index (χ0) is 26.2. The van der Waals surface area contributed by atoms with E-state index in [2.05, 4.69) is 46.8 Å². The van der Waals surface area contributed by atoms with Gasteiger partial charge in [0.1, 0.15) is 6.04 Å². The Bertz CT molecular complexity index is 920. The number of hydrogen-bond acceptors (Lipinski definition) is 5. The molecule has 0 aromatic rings. The van der Waals surface area contributed by atoms with E-state index in [1.54, 1.807) is 16.7 Å². The van der Waals surface area contributed by atoms with Crippen molar-refractivity contribution >= 4 is 29.5 Å². The number of fused-ring (bicyclic) bond motifs is 2. The first kappa shape index (κ1) is 27.2. The standard InChI is InChI=1S/C28H43N3O4S/c1-6-10-19(5)30-15-9-12-28-23(22-21(36-28)11-8-14-29(13-7-2)25(22)33)26(34)31(24(28)27(30)35)20(17-32)16-18(3)4/h8-9,11-12,18-24,32H,6-7,10,13-17H2,1-5H3/t19?,20-,21+,22-,23+,24?,28+/m1/s1. The highest BCUT2D eigenvalue weighted by Gasteiger charge is 2.71. The maximum atomic E-state index is 14.4. The first-order valence-corrected chi connectivity index (χ1v) is 14.6. The van der Waals surface area contributed by atoms with Gasteiger partial charge in [0.15, 0.2) is 0 Å². The minimum Gasteiger partial charge on any atom is -0.394 e. The summed E-state index contributed by atoms with van der Waals surface area (Å²) in [6, 6.07) is -1.12. The molecule has 4 rings (SSSR count). The molecule has 3 amide bonds. The summed E-state index contributed by atoms with van der Waals surface area (Å²) in [5.74, 6) is -1.06. The molecule has 0 aromatic carbocycles. The van der Waals surface area contributed by atoms with Crippen molar-refractivity contribution in [2.24, 2.45) is 17.8 Å². The molecular weight excluding hydrogens is 474 g/mol. The van der Waals surface area contributed by atoms with Gasteiger partial charge in [-0.25, -0.2) is 0 Å². The SMILES string of the molecule is CCCC(C)N1CC=C[C@]23S[C@H]4C=CCN(CCC)C(=O)[C@H]4[C@H]2C(=O)N([C@@H](CO)CC(C)C)C3C1=O. The van der Waals surface area contributed by atoms with Crippen LogP contribution in [0.1, 0.15) is 60.3 Å². The molecule has 4 aliphatic rings. The predicted octanol–water partition coefficient (Wildman–Crippen LogP) is 3.09. The summed E-state index contributed by atoms with van der Waals surface area (Å²) < 4.78 is -0.816. The Hall–Kier alpha value is -1.80. The van der Waals surface area contributed by atoms with Crippen molar-refractivity contribution in [1.29, 1.82) is 0 Å². The number of nitrogens with zero attached hydrogens (tertiary/aromatic N) is 3. The number of aliphatic hydroxyl groups is 1. The zero-order valence-electron chi connectivity index (χ0n) is 22.4. The van der Waals surface area contributed by atoms with Crippen LogP contribution in [-0.2, 0) is 14.4 Å². The van der Waals surface area contributed by atoms with E-state index in [4.69, 9.17) is 0 Å². The number of amides is 3. The topological polar surface area (TPSA) is 81.2 Å². The van der Waals surface area contributed by atoms with Crippen LogP contribution in [0.5, 0.6) is 0 Å². The summed E-state index contributed by atoms with van der Waals surface area (Å²) in [7, 11) is 0. The largest absolute Gasteiger partial charge is 0.394 e. The summed E-state index contributed by atoms with van der Waals surface area (Å²) in [4.78, 5) is 48.0. The van der Waals surface area contributed by atoms with Crippen LogP contribution in [0.3, 0.4) is 0 Å². The number of thioether (sulfide) groups is 1. The molecule has 0 aromatic heterocycles. The second-order valence-electron chi connectivity index (χ2n) is 11.3. The third-order valence-corrected chi connectivity index (χ3v) is 10.0. The van der Waals surface area contributed by atoms with Crippen molar-refractivity contribution in [2.45, 2.75) is 88.4 Å². The zero-order valence-corrected chi connectivity index (χ0v) is 23.2. The van der Waals surface area contributed by atoms with Crippen LogP contribution in [0.25, 0.3) is 0 Å². The Morgan fingerprint density at radius 2 is 1.81 bits per heavy atom. The Morgan fingerprint density at radius 3 is 2.44 bits per heavy atom. The number of rotatable bonds is 9. The maximum Gasteiger partial charge on any atom is 0.247 e. The van der Waals surface area contributed by atoms with Crippen molar-refractivity contribution in [3.63, 3.8) is 0 Å². The second kappa shape index (κ2) is 10.9. The Balaban J connectivity index is 1.83. The second-order valence-corrected chi connectivity index (χ2v) is 12.8. The highest BCUT2D eigenvalue weighted by molar-refractivity contribution is 8.02. The van der Waals surface area contributed by atoms with Crippen LogP contribution < -0.4 is 0 Å². The first-order valence-electron chi connectivity index (χ1n) is 13.8. The lowest BCUT2D eigenvalue weighted by Gasteiger charge is -2.40. The Kier molecular flexibility index (Phi) is 8.25. The molecule has 4 aliphatic heterocycles. The molecule has 7 atom stereocenters. The predicted molar refractivity (Wildman–Crippen MR) is 143 cm³/mol. The molecule has 0 bridgehead atoms. The van der Waals surface area contributed by atoms with Gasteiger partial charge in [0.2, 0.25) is 17.7 Å². The summed E-state index contributed by atoms with van der Waals surface area (Å²) in [5.41, 5.74) is 0. The molecule has 36 heavy (non-hydrogen) atoms. The van der Waals surface area contributed by atoms with Crippen molar-refractivity contribution in [3.05, 3.63) is 24.3 Å². The third-order valence-electron chi connectivity index (χ3n) is 8.29. The van der Waals surface area contributed by atoms with E-state index < -0.39 is 28.7 Å². The number of likely N-dealkylation sites (tertiary alicyclic amines) is 1. The highest BCUT2D eigenvalue weighted by Crippen LogP contribution is 2.61. The molecule has 0 saturated carbocycles. The van der Waals surface area contributed by atoms with E-state index >= 15 is 0 Å². The van der Waals surface area contributed by atoms with Crippen LogP contribution in [0.4, 0.5) is 0 Å². The average Bonchev–Trinajstić information content (AvgIpc) is 3.15. The van der Waals surface area contributed by atoms with Gasteiger partial charge in [-0.1, -0.05) is 58.4 Å². The molecule has 200 valence electrons. The molecule has 1 N–H and O–H groups in total. The monoisotopic (exact) mass is 517 g/mol. The van der Waals surface area contributed by atoms with Crippen LogP contribution in [0.15, 0.2) is 24.3 Å². The molecule has 2 fully saturated rings. The first-order chi connectivity index (χ1) is 17.2. The van der Waals surface area contributed by atoms with Crippen molar-refractivity contribution in [2.75, 3.05) is 26.2 Å². The number of hydrogen-bond donors (Lipinski definition) is 1. The van der Waals surface area contributed by atoms with Crippen molar-refractivity contribution < 1.29 is 19.5 Å². The summed E-state index contributed by atoms with van der Waals surface area (Å²) in [5, 5.41) is 10.3. The van der Waals surface area contributed by atoms with Crippen molar-refractivity contribution in [1.82, 2.24) is 14.7 Å². The molecule has 0 radical (unpaired) electrons. The molecule has 1 spiro atoms. The minimum absolute atomic E-state index is 0.0147. The lowest BCUT2D eigenvalue weighted by molar-refractivity contribution is -0.147. The van der Waals surface area contributed by atoms with Gasteiger partial charge in [-0.2, -0.15) is 0 Å². The minimum atomic E-state index is -0.816. The lowest BCUT2D eigenvalue weighted by atomic mass is 9.78.